The number of rotatable bonds is 3. The van der Waals surface area contributed by atoms with E-state index in [1.807, 2.05) is 20.8 Å². The number of aromatic nitrogens is 4. The van der Waals surface area contributed by atoms with Gasteiger partial charge in [-0.2, -0.15) is 0 Å². The van der Waals surface area contributed by atoms with E-state index in [0.29, 0.717) is 18.9 Å². The van der Waals surface area contributed by atoms with Gasteiger partial charge >= 0.3 is 5.69 Å². The lowest BCUT2D eigenvalue weighted by Gasteiger charge is -2.04. The first-order valence-corrected chi connectivity index (χ1v) is 5.69. The van der Waals surface area contributed by atoms with Crippen LogP contribution >= 0.6 is 0 Å². The highest BCUT2D eigenvalue weighted by Gasteiger charge is 2.12. The highest BCUT2D eigenvalue weighted by molar-refractivity contribution is 5.35. The van der Waals surface area contributed by atoms with E-state index in [0.717, 1.165) is 23.4 Å². The number of nitrogens with zero attached hydrogens (tertiary/aromatic N) is 4. The quantitative estimate of drug-likeness (QED) is 0.822. The topological polar surface area (TPSA) is 78.2 Å². The SMILES string of the molecule is Cc1nc2nn(CCCN)c(=O)n2c(C)c1C. The van der Waals surface area contributed by atoms with Crippen LogP contribution in [0.3, 0.4) is 0 Å². The molecule has 2 aromatic rings. The molecular formula is C11H17N5O. The second kappa shape index (κ2) is 4.29. The van der Waals surface area contributed by atoms with Gasteiger partial charge in [-0.3, -0.25) is 0 Å². The first-order chi connectivity index (χ1) is 8.06. The van der Waals surface area contributed by atoms with Crippen LogP contribution in [0.4, 0.5) is 0 Å². The van der Waals surface area contributed by atoms with Gasteiger partial charge in [0, 0.05) is 17.9 Å². The summed E-state index contributed by atoms with van der Waals surface area (Å²) < 4.78 is 2.99. The molecule has 2 heterocycles. The third-order valence-corrected chi connectivity index (χ3v) is 3.08. The van der Waals surface area contributed by atoms with Crippen molar-refractivity contribution in [2.45, 2.75) is 33.7 Å². The molecule has 0 aliphatic carbocycles. The van der Waals surface area contributed by atoms with Crippen LogP contribution < -0.4 is 11.4 Å². The van der Waals surface area contributed by atoms with Crippen LogP contribution in [0.25, 0.3) is 5.78 Å². The van der Waals surface area contributed by atoms with E-state index in [4.69, 9.17) is 5.73 Å². The Hall–Kier alpha value is -1.69. The minimum Gasteiger partial charge on any atom is -0.330 e. The number of nitrogens with two attached hydrogens (primary N) is 1. The van der Waals surface area contributed by atoms with Crippen molar-refractivity contribution in [1.29, 1.82) is 0 Å². The molecule has 0 amide bonds. The molecule has 0 aromatic carbocycles. The Morgan fingerprint density at radius 2 is 2.00 bits per heavy atom. The molecule has 0 aliphatic heterocycles. The van der Waals surface area contributed by atoms with Crippen molar-refractivity contribution < 1.29 is 0 Å². The smallest absolute Gasteiger partial charge is 0.330 e. The molecule has 0 aliphatic rings. The predicted octanol–water partition coefficient (Wildman–Crippen LogP) is 0.165. The molecule has 6 nitrogen and oxygen atoms in total. The lowest BCUT2D eigenvalue weighted by Crippen LogP contribution is -2.23. The maximum atomic E-state index is 12.1. The standard InChI is InChI=1S/C11H17N5O/c1-7-8(2)13-10-14-15(6-4-5-12)11(17)16(10)9(7)3/h4-6,12H2,1-3H3. The van der Waals surface area contributed by atoms with Crippen molar-refractivity contribution in [2.75, 3.05) is 6.54 Å². The van der Waals surface area contributed by atoms with Gasteiger partial charge in [0.15, 0.2) is 0 Å². The zero-order valence-electron chi connectivity index (χ0n) is 10.4. The molecule has 2 aromatic heterocycles. The largest absolute Gasteiger partial charge is 0.351 e. The average Bonchev–Trinajstić information content (AvgIpc) is 2.60. The highest BCUT2D eigenvalue weighted by Crippen LogP contribution is 2.10. The molecule has 0 unspecified atom stereocenters. The summed E-state index contributed by atoms with van der Waals surface area (Å²) in [7, 11) is 0. The van der Waals surface area contributed by atoms with Crippen molar-refractivity contribution in [1.82, 2.24) is 19.2 Å². The molecule has 0 bridgehead atoms. The minimum absolute atomic E-state index is 0.137. The molecule has 0 atom stereocenters. The van der Waals surface area contributed by atoms with Crippen LogP contribution in [-0.2, 0) is 6.54 Å². The molecule has 6 heteroatoms. The van der Waals surface area contributed by atoms with Gasteiger partial charge in [0.25, 0.3) is 5.78 Å². The van der Waals surface area contributed by atoms with Gasteiger partial charge in [-0.25, -0.2) is 18.9 Å². The number of hydrogen-bond acceptors (Lipinski definition) is 4. The second-order valence-electron chi connectivity index (χ2n) is 4.19. The molecule has 0 saturated carbocycles. The molecule has 2 rings (SSSR count). The van der Waals surface area contributed by atoms with Crippen molar-refractivity contribution in [3.8, 4) is 0 Å². The van der Waals surface area contributed by atoms with Crippen LogP contribution in [0.5, 0.6) is 0 Å². The van der Waals surface area contributed by atoms with E-state index in [-0.39, 0.29) is 5.69 Å². The Morgan fingerprint density at radius 1 is 1.29 bits per heavy atom. The molecular weight excluding hydrogens is 218 g/mol. The number of aryl methyl sites for hydroxylation is 3. The third kappa shape index (κ3) is 1.84. The van der Waals surface area contributed by atoms with Gasteiger partial charge in [0.1, 0.15) is 0 Å². The van der Waals surface area contributed by atoms with E-state index in [2.05, 4.69) is 10.1 Å². The lowest BCUT2D eigenvalue weighted by molar-refractivity contribution is 0.565. The zero-order chi connectivity index (χ0) is 12.6. The van der Waals surface area contributed by atoms with E-state index in [1.54, 1.807) is 4.40 Å². The average molecular weight is 235 g/mol. The fourth-order valence-corrected chi connectivity index (χ4v) is 1.81. The van der Waals surface area contributed by atoms with E-state index in [1.165, 1.54) is 4.68 Å². The fourth-order valence-electron chi connectivity index (χ4n) is 1.81. The summed E-state index contributed by atoms with van der Waals surface area (Å²) >= 11 is 0. The lowest BCUT2D eigenvalue weighted by atomic mass is 10.2. The summed E-state index contributed by atoms with van der Waals surface area (Å²) in [5, 5.41) is 4.21. The zero-order valence-corrected chi connectivity index (χ0v) is 10.4. The van der Waals surface area contributed by atoms with Crippen LogP contribution in [0, 0.1) is 20.8 Å². The Balaban J connectivity index is 2.66. The van der Waals surface area contributed by atoms with Crippen molar-refractivity contribution in [3.05, 3.63) is 27.4 Å². The molecule has 92 valence electrons. The monoisotopic (exact) mass is 235 g/mol. The van der Waals surface area contributed by atoms with Crippen molar-refractivity contribution in [3.63, 3.8) is 0 Å². The first kappa shape index (κ1) is 11.8. The van der Waals surface area contributed by atoms with Crippen LogP contribution in [0.15, 0.2) is 4.79 Å². The summed E-state index contributed by atoms with van der Waals surface area (Å²) in [4.78, 5) is 16.4. The van der Waals surface area contributed by atoms with E-state index < -0.39 is 0 Å². The first-order valence-electron chi connectivity index (χ1n) is 5.69. The predicted molar refractivity (Wildman–Crippen MR) is 65.1 cm³/mol. The Morgan fingerprint density at radius 3 is 2.65 bits per heavy atom. The van der Waals surface area contributed by atoms with Crippen LogP contribution in [0.1, 0.15) is 23.4 Å². The molecule has 0 saturated heterocycles. The van der Waals surface area contributed by atoms with Gasteiger partial charge in [0.2, 0.25) is 0 Å². The molecule has 2 N–H and O–H groups in total. The van der Waals surface area contributed by atoms with Gasteiger partial charge in [-0.1, -0.05) is 0 Å². The molecule has 17 heavy (non-hydrogen) atoms. The number of hydrogen-bond donors (Lipinski definition) is 1. The second-order valence-corrected chi connectivity index (χ2v) is 4.19. The van der Waals surface area contributed by atoms with Gasteiger partial charge < -0.3 is 5.73 Å². The van der Waals surface area contributed by atoms with Crippen LogP contribution in [-0.4, -0.2) is 25.7 Å². The highest BCUT2D eigenvalue weighted by atomic mass is 16.2. The summed E-state index contributed by atoms with van der Waals surface area (Å²) in [5.74, 6) is 0.465. The van der Waals surface area contributed by atoms with Gasteiger partial charge in [-0.05, 0) is 39.3 Å². The van der Waals surface area contributed by atoms with Gasteiger partial charge in [0.05, 0.1) is 0 Å². The van der Waals surface area contributed by atoms with Crippen molar-refractivity contribution in [2.24, 2.45) is 5.73 Å². The Kier molecular flexibility index (Phi) is 2.97. The summed E-state index contributed by atoms with van der Waals surface area (Å²) in [5.41, 5.74) is 8.13. The summed E-state index contributed by atoms with van der Waals surface area (Å²) in [6, 6.07) is 0. The summed E-state index contributed by atoms with van der Waals surface area (Å²) in [6.45, 7) is 6.88. The Labute approximate surface area is 99.1 Å². The Bertz CT molecular complexity index is 610. The van der Waals surface area contributed by atoms with Crippen LogP contribution in [0.2, 0.25) is 0 Å². The maximum absolute atomic E-state index is 12.1. The number of fused-ring (bicyclic) bond motifs is 1. The van der Waals surface area contributed by atoms with Gasteiger partial charge in [-0.15, -0.1) is 5.10 Å². The molecule has 0 radical (unpaired) electrons. The molecule has 0 spiro atoms. The minimum atomic E-state index is -0.137. The fraction of sp³-hybridized carbons (Fsp3) is 0.545. The van der Waals surface area contributed by atoms with E-state index in [9.17, 15) is 4.79 Å². The normalized spacial score (nSPS) is 11.3. The molecule has 0 fully saturated rings. The maximum Gasteiger partial charge on any atom is 0.351 e. The summed E-state index contributed by atoms with van der Waals surface area (Å²) in [6.07, 6.45) is 0.737. The van der Waals surface area contributed by atoms with E-state index >= 15 is 0 Å². The third-order valence-electron chi connectivity index (χ3n) is 3.08. The van der Waals surface area contributed by atoms with Crippen molar-refractivity contribution >= 4 is 5.78 Å².